The number of amides is 1. The van der Waals surface area contributed by atoms with E-state index in [0.717, 1.165) is 11.5 Å². The molecule has 0 saturated heterocycles. The minimum atomic E-state index is -0.775. The van der Waals surface area contributed by atoms with Crippen LogP contribution in [0.25, 0.3) is 0 Å². The first kappa shape index (κ1) is 19.1. The van der Waals surface area contributed by atoms with Crippen molar-refractivity contribution in [1.29, 1.82) is 0 Å². The Morgan fingerprint density at radius 1 is 1.16 bits per heavy atom. The topological polar surface area (TPSA) is 75.6 Å². The van der Waals surface area contributed by atoms with E-state index in [9.17, 15) is 14.7 Å². The SMILES string of the molecule is O=C(COC(=O)c1ccc(Cl)cc1O)NCCSCc1ccccc1. The maximum absolute atomic E-state index is 11.8. The van der Waals surface area contributed by atoms with E-state index < -0.39 is 12.6 Å². The molecule has 0 saturated carbocycles. The molecule has 0 fully saturated rings. The van der Waals surface area contributed by atoms with Crippen molar-refractivity contribution in [3.63, 3.8) is 0 Å². The Bertz CT molecular complexity index is 724. The van der Waals surface area contributed by atoms with Crippen molar-refractivity contribution in [2.24, 2.45) is 0 Å². The van der Waals surface area contributed by atoms with Crippen molar-refractivity contribution in [2.45, 2.75) is 5.75 Å². The van der Waals surface area contributed by atoms with Crippen LogP contribution in [0.1, 0.15) is 15.9 Å². The number of phenolic OH excluding ortho intramolecular Hbond substituents is 1. The average Bonchev–Trinajstić information content (AvgIpc) is 2.60. The third-order valence-corrected chi connectivity index (χ3v) is 4.46. The highest BCUT2D eigenvalue weighted by Crippen LogP contribution is 2.22. The highest BCUT2D eigenvalue weighted by atomic mass is 35.5. The van der Waals surface area contributed by atoms with Crippen molar-refractivity contribution >= 4 is 35.2 Å². The van der Waals surface area contributed by atoms with Crippen LogP contribution in [0.15, 0.2) is 48.5 Å². The van der Waals surface area contributed by atoms with Gasteiger partial charge in [-0.2, -0.15) is 11.8 Å². The number of hydrogen-bond donors (Lipinski definition) is 2. The lowest BCUT2D eigenvalue weighted by Gasteiger charge is -2.08. The molecule has 132 valence electrons. The van der Waals surface area contributed by atoms with Crippen molar-refractivity contribution < 1.29 is 19.4 Å². The summed E-state index contributed by atoms with van der Waals surface area (Å²) in [5.41, 5.74) is 1.20. The van der Waals surface area contributed by atoms with Gasteiger partial charge in [-0.15, -0.1) is 0 Å². The van der Waals surface area contributed by atoms with Crippen molar-refractivity contribution in [2.75, 3.05) is 18.9 Å². The van der Waals surface area contributed by atoms with Crippen LogP contribution in [0.4, 0.5) is 0 Å². The van der Waals surface area contributed by atoms with Gasteiger partial charge in [-0.1, -0.05) is 41.9 Å². The van der Waals surface area contributed by atoms with Crippen LogP contribution in [0, 0.1) is 0 Å². The minimum Gasteiger partial charge on any atom is -0.507 e. The summed E-state index contributed by atoms with van der Waals surface area (Å²) in [5, 5.41) is 12.6. The van der Waals surface area contributed by atoms with Gasteiger partial charge in [0.15, 0.2) is 6.61 Å². The minimum absolute atomic E-state index is 0.0318. The first-order chi connectivity index (χ1) is 12.1. The maximum Gasteiger partial charge on any atom is 0.342 e. The third kappa shape index (κ3) is 6.68. The molecule has 0 radical (unpaired) electrons. The highest BCUT2D eigenvalue weighted by Gasteiger charge is 2.14. The number of thioether (sulfide) groups is 1. The zero-order chi connectivity index (χ0) is 18.1. The van der Waals surface area contributed by atoms with E-state index in [1.165, 1.54) is 23.8 Å². The second-order valence-electron chi connectivity index (χ2n) is 5.13. The quantitative estimate of drug-likeness (QED) is 0.544. The molecular weight excluding hydrogens is 362 g/mol. The van der Waals surface area contributed by atoms with Crippen LogP contribution in [-0.2, 0) is 15.3 Å². The molecule has 25 heavy (non-hydrogen) atoms. The van der Waals surface area contributed by atoms with Crippen LogP contribution < -0.4 is 5.32 Å². The molecule has 0 atom stereocenters. The van der Waals surface area contributed by atoms with E-state index >= 15 is 0 Å². The predicted molar refractivity (Wildman–Crippen MR) is 99.0 cm³/mol. The van der Waals surface area contributed by atoms with Gasteiger partial charge < -0.3 is 15.2 Å². The summed E-state index contributed by atoms with van der Waals surface area (Å²) < 4.78 is 4.88. The molecule has 0 bridgehead atoms. The summed E-state index contributed by atoms with van der Waals surface area (Å²) in [6, 6.07) is 14.1. The van der Waals surface area contributed by atoms with E-state index in [2.05, 4.69) is 17.4 Å². The van der Waals surface area contributed by atoms with Gasteiger partial charge >= 0.3 is 5.97 Å². The van der Waals surface area contributed by atoms with Crippen LogP contribution in [0.2, 0.25) is 5.02 Å². The Labute approximate surface area is 155 Å². The Hall–Kier alpha value is -2.18. The number of halogens is 1. The summed E-state index contributed by atoms with van der Waals surface area (Å²) in [4.78, 5) is 23.5. The Balaban J connectivity index is 1.62. The number of aromatic hydroxyl groups is 1. The summed E-state index contributed by atoms with van der Waals surface area (Å²) in [6.45, 7) is 0.0876. The molecule has 2 rings (SSSR count). The fourth-order valence-corrected chi connectivity index (χ4v) is 2.95. The fourth-order valence-electron chi connectivity index (χ4n) is 1.96. The van der Waals surface area contributed by atoms with E-state index in [4.69, 9.17) is 16.3 Å². The molecule has 0 aliphatic carbocycles. The number of nitrogens with one attached hydrogen (secondary N) is 1. The molecule has 0 spiro atoms. The molecule has 0 aromatic heterocycles. The number of esters is 1. The summed E-state index contributed by atoms with van der Waals surface area (Å²) in [5.74, 6) is 0.189. The second-order valence-corrected chi connectivity index (χ2v) is 6.67. The molecule has 2 aromatic rings. The van der Waals surface area contributed by atoms with Crippen LogP contribution in [0.5, 0.6) is 5.75 Å². The van der Waals surface area contributed by atoms with Gasteiger partial charge in [-0.3, -0.25) is 4.79 Å². The molecule has 0 unspecified atom stereocenters. The lowest BCUT2D eigenvalue weighted by Crippen LogP contribution is -2.30. The first-order valence-corrected chi connectivity index (χ1v) is 9.13. The summed E-state index contributed by atoms with van der Waals surface area (Å²) >= 11 is 7.40. The molecule has 1 amide bonds. The van der Waals surface area contributed by atoms with Gasteiger partial charge in [0.25, 0.3) is 5.91 Å². The lowest BCUT2D eigenvalue weighted by atomic mass is 10.2. The number of carbonyl (C=O) groups excluding carboxylic acids is 2. The number of benzene rings is 2. The Kier molecular flexibility index (Phi) is 7.63. The second kappa shape index (κ2) is 9.96. The molecule has 0 aliphatic heterocycles. The maximum atomic E-state index is 11.8. The number of ether oxygens (including phenoxy) is 1. The van der Waals surface area contributed by atoms with E-state index in [-0.39, 0.29) is 17.2 Å². The molecular formula is C18H18ClNO4S. The van der Waals surface area contributed by atoms with E-state index in [1.54, 1.807) is 11.8 Å². The number of carbonyl (C=O) groups is 2. The summed E-state index contributed by atoms with van der Waals surface area (Å²) in [7, 11) is 0. The van der Waals surface area contributed by atoms with Gasteiger partial charge in [-0.25, -0.2) is 4.79 Å². The van der Waals surface area contributed by atoms with Gasteiger partial charge in [0.2, 0.25) is 0 Å². The van der Waals surface area contributed by atoms with Crippen molar-refractivity contribution in [3.05, 3.63) is 64.7 Å². The first-order valence-electron chi connectivity index (χ1n) is 7.60. The van der Waals surface area contributed by atoms with Crippen LogP contribution in [-0.4, -0.2) is 35.9 Å². The number of rotatable bonds is 8. The largest absolute Gasteiger partial charge is 0.507 e. The molecule has 7 heteroatoms. The van der Waals surface area contributed by atoms with Gasteiger partial charge in [0.1, 0.15) is 11.3 Å². The monoisotopic (exact) mass is 379 g/mol. The normalized spacial score (nSPS) is 10.3. The third-order valence-electron chi connectivity index (χ3n) is 3.19. The fraction of sp³-hybridized carbons (Fsp3) is 0.222. The summed E-state index contributed by atoms with van der Waals surface area (Å²) in [6.07, 6.45) is 0. The van der Waals surface area contributed by atoms with Gasteiger partial charge in [0, 0.05) is 23.1 Å². The number of hydrogen-bond acceptors (Lipinski definition) is 5. The zero-order valence-corrected chi connectivity index (χ0v) is 15.0. The molecule has 2 aromatic carbocycles. The lowest BCUT2D eigenvalue weighted by molar-refractivity contribution is -0.124. The van der Waals surface area contributed by atoms with Crippen molar-refractivity contribution in [1.82, 2.24) is 5.32 Å². The predicted octanol–water partition coefficient (Wildman–Crippen LogP) is 3.25. The van der Waals surface area contributed by atoms with Gasteiger partial charge in [0.05, 0.1) is 0 Å². The van der Waals surface area contributed by atoms with Gasteiger partial charge in [-0.05, 0) is 23.8 Å². The number of phenols is 1. The standard InChI is InChI=1S/C18H18ClNO4S/c19-14-6-7-15(16(21)10-14)18(23)24-11-17(22)20-8-9-25-12-13-4-2-1-3-5-13/h1-7,10,21H,8-9,11-12H2,(H,20,22). The van der Waals surface area contributed by atoms with E-state index in [1.807, 2.05) is 18.2 Å². The average molecular weight is 380 g/mol. The van der Waals surface area contributed by atoms with Crippen LogP contribution in [0.3, 0.4) is 0 Å². The van der Waals surface area contributed by atoms with Crippen molar-refractivity contribution in [3.8, 4) is 5.75 Å². The Morgan fingerprint density at radius 2 is 1.92 bits per heavy atom. The Morgan fingerprint density at radius 3 is 2.64 bits per heavy atom. The molecule has 0 aliphatic rings. The molecule has 2 N–H and O–H groups in total. The van der Waals surface area contributed by atoms with Crippen LogP contribution >= 0.6 is 23.4 Å². The zero-order valence-electron chi connectivity index (χ0n) is 13.4. The molecule has 5 nitrogen and oxygen atoms in total. The van der Waals surface area contributed by atoms with E-state index in [0.29, 0.717) is 11.6 Å². The highest BCUT2D eigenvalue weighted by molar-refractivity contribution is 7.98. The smallest absolute Gasteiger partial charge is 0.342 e. The molecule has 0 heterocycles.